The smallest absolute Gasteiger partial charge is 0.162 e. The summed E-state index contributed by atoms with van der Waals surface area (Å²) in [5.74, 6) is 0.248. The molecule has 0 aliphatic heterocycles. The van der Waals surface area contributed by atoms with E-state index in [9.17, 15) is 4.79 Å². The van der Waals surface area contributed by atoms with Gasteiger partial charge in [0.15, 0.2) is 5.78 Å². The van der Waals surface area contributed by atoms with Crippen molar-refractivity contribution >= 4 is 19.0 Å². The zero-order chi connectivity index (χ0) is 11.6. The van der Waals surface area contributed by atoms with Gasteiger partial charge in [-0.05, 0) is 13.0 Å². The molecule has 2 heteroatoms. The minimum absolute atomic E-state index is 0.248. The zero-order valence-electron chi connectivity index (χ0n) is 10.3. The number of carbonyl (C=O) groups excluding carboxylic acids is 1. The van der Waals surface area contributed by atoms with E-state index in [2.05, 4.69) is 38.7 Å². The number of ketones is 1. The van der Waals surface area contributed by atoms with Gasteiger partial charge >= 0.3 is 0 Å². The Kier molecular flexibility index (Phi) is 3.50. The number of hydrogen-bond donors (Lipinski definition) is 0. The summed E-state index contributed by atoms with van der Waals surface area (Å²) in [6.07, 6.45) is 0.592. The first-order chi connectivity index (χ1) is 6.84. The van der Waals surface area contributed by atoms with Crippen LogP contribution in [0.15, 0.2) is 18.2 Å². The number of Topliss-reactive ketones (excluding diaryl/α,β-unsaturated/α-hetero) is 1. The van der Waals surface area contributed by atoms with Crippen molar-refractivity contribution in [1.82, 2.24) is 0 Å². The average Bonchev–Trinajstić information content (AvgIpc) is 2.14. The summed E-state index contributed by atoms with van der Waals surface area (Å²) in [4.78, 5) is 11.7. The lowest BCUT2D eigenvalue weighted by Gasteiger charge is -2.18. The Balaban J connectivity index is 3.23. The van der Waals surface area contributed by atoms with Crippen molar-refractivity contribution in [3.05, 3.63) is 29.3 Å². The van der Waals surface area contributed by atoms with Crippen LogP contribution in [0.3, 0.4) is 0 Å². The third-order valence-corrected chi connectivity index (χ3v) is 4.61. The molecular formula is C13H20OSi. The van der Waals surface area contributed by atoms with E-state index < -0.39 is 8.07 Å². The maximum Gasteiger partial charge on any atom is 0.162 e. The second kappa shape index (κ2) is 4.31. The number of benzene rings is 1. The van der Waals surface area contributed by atoms with Crippen LogP contribution in [0.1, 0.15) is 29.3 Å². The molecule has 0 fully saturated rings. The maximum atomic E-state index is 11.7. The fourth-order valence-electron chi connectivity index (χ4n) is 1.58. The monoisotopic (exact) mass is 220 g/mol. The van der Waals surface area contributed by atoms with Crippen LogP contribution in [-0.2, 0) is 0 Å². The summed E-state index contributed by atoms with van der Waals surface area (Å²) < 4.78 is 0. The highest BCUT2D eigenvalue weighted by atomic mass is 28.3. The number of rotatable bonds is 3. The molecule has 0 atom stereocenters. The minimum Gasteiger partial charge on any atom is -0.294 e. The maximum absolute atomic E-state index is 11.7. The Morgan fingerprint density at radius 2 is 1.80 bits per heavy atom. The lowest BCUT2D eigenvalue weighted by molar-refractivity contribution is 0.0988. The molecule has 0 bridgehead atoms. The van der Waals surface area contributed by atoms with Crippen molar-refractivity contribution in [2.24, 2.45) is 0 Å². The van der Waals surface area contributed by atoms with Gasteiger partial charge in [0.05, 0.1) is 8.07 Å². The normalized spacial score (nSPS) is 11.5. The van der Waals surface area contributed by atoms with Gasteiger partial charge in [-0.15, -0.1) is 0 Å². The van der Waals surface area contributed by atoms with Crippen molar-refractivity contribution in [2.75, 3.05) is 0 Å². The van der Waals surface area contributed by atoms with E-state index in [1.165, 1.54) is 10.8 Å². The second-order valence-corrected chi connectivity index (χ2v) is 10.2. The summed E-state index contributed by atoms with van der Waals surface area (Å²) in [7, 11) is -1.31. The molecule has 82 valence electrons. The van der Waals surface area contributed by atoms with Crippen LogP contribution in [0.4, 0.5) is 0 Å². The van der Waals surface area contributed by atoms with Crippen LogP contribution in [0, 0.1) is 6.92 Å². The van der Waals surface area contributed by atoms with Gasteiger partial charge < -0.3 is 0 Å². The molecule has 0 heterocycles. The molecule has 0 saturated carbocycles. The number of carbonyl (C=O) groups is 1. The van der Waals surface area contributed by atoms with E-state index >= 15 is 0 Å². The van der Waals surface area contributed by atoms with E-state index in [-0.39, 0.29) is 5.78 Å². The first kappa shape index (κ1) is 12.2. The third kappa shape index (κ3) is 3.03. The first-order valence-corrected chi connectivity index (χ1v) is 9.00. The van der Waals surface area contributed by atoms with Crippen LogP contribution >= 0.6 is 0 Å². The summed E-state index contributed by atoms with van der Waals surface area (Å²) in [5.41, 5.74) is 2.08. The topological polar surface area (TPSA) is 17.1 Å². The van der Waals surface area contributed by atoms with Crippen molar-refractivity contribution in [3.8, 4) is 0 Å². The Hall–Kier alpha value is -0.893. The molecular weight excluding hydrogens is 200 g/mol. The number of hydrogen-bond acceptors (Lipinski definition) is 1. The summed E-state index contributed by atoms with van der Waals surface area (Å²) >= 11 is 0. The molecule has 0 aromatic heterocycles. The third-order valence-electron chi connectivity index (χ3n) is 2.59. The largest absolute Gasteiger partial charge is 0.294 e. The Morgan fingerprint density at radius 1 is 1.20 bits per heavy atom. The van der Waals surface area contributed by atoms with Crippen LogP contribution < -0.4 is 5.19 Å². The van der Waals surface area contributed by atoms with Crippen molar-refractivity contribution in [1.29, 1.82) is 0 Å². The Bertz CT molecular complexity index is 375. The summed E-state index contributed by atoms with van der Waals surface area (Å²) in [5, 5.41) is 1.37. The average molecular weight is 220 g/mol. The highest BCUT2D eigenvalue weighted by Crippen LogP contribution is 2.10. The molecule has 1 rings (SSSR count). The van der Waals surface area contributed by atoms with Gasteiger partial charge in [0.2, 0.25) is 0 Å². The lowest BCUT2D eigenvalue weighted by atomic mass is 10.1. The number of aryl methyl sites for hydroxylation is 1. The highest BCUT2D eigenvalue weighted by Gasteiger charge is 2.18. The van der Waals surface area contributed by atoms with Crippen LogP contribution in [0.2, 0.25) is 19.6 Å². The molecule has 0 amide bonds. The first-order valence-electron chi connectivity index (χ1n) is 5.50. The SMILES string of the molecule is CCC(=O)c1cc(C)cc([Si](C)(C)C)c1. The molecule has 0 unspecified atom stereocenters. The summed E-state index contributed by atoms with van der Waals surface area (Å²) in [6, 6.07) is 6.30. The molecule has 15 heavy (non-hydrogen) atoms. The van der Waals surface area contributed by atoms with Gasteiger partial charge in [-0.1, -0.05) is 49.4 Å². The van der Waals surface area contributed by atoms with Gasteiger partial charge in [0.1, 0.15) is 0 Å². The van der Waals surface area contributed by atoms with Crippen molar-refractivity contribution in [2.45, 2.75) is 39.9 Å². The van der Waals surface area contributed by atoms with Crippen LogP contribution in [0.5, 0.6) is 0 Å². The molecule has 0 radical (unpaired) electrons. The Morgan fingerprint density at radius 3 is 2.27 bits per heavy atom. The highest BCUT2D eigenvalue weighted by molar-refractivity contribution is 6.88. The predicted octanol–water partition coefficient (Wildman–Crippen LogP) is 3.13. The van der Waals surface area contributed by atoms with Crippen LogP contribution in [-0.4, -0.2) is 13.9 Å². The van der Waals surface area contributed by atoms with Gasteiger partial charge in [-0.2, -0.15) is 0 Å². The molecule has 0 N–H and O–H groups in total. The zero-order valence-corrected chi connectivity index (χ0v) is 11.3. The van der Waals surface area contributed by atoms with E-state index in [0.29, 0.717) is 6.42 Å². The van der Waals surface area contributed by atoms with Gasteiger partial charge in [-0.3, -0.25) is 4.79 Å². The molecule has 1 aromatic carbocycles. The van der Waals surface area contributed by atoms with Crippen molar-refractivity contribution < 1.29 is 4.79 Å². The molecule has 1 aromatic rings. The van der Waals surface area contributed by atoms with Gasteiger partial charge in [0, 0.05) is 12.0 Å². The van der Waals surface area contributed by atoms with E-state index in [1.54, 1.807) is 0 Å². The molecule has 0 aliphatic carbocycles. The van der Waals surface area contributed by atoms with E-state index in [0.717, 1.165) is 5.56 Å². The molecule has 1 nitrogen and oxygen atoms in total. The Labute approximate surface area is 93.5 Å². The van der Waals surface area contributed by atoms with Gasteiger partial charge in [-0.25, -0.2) is 0 Å². The second-order valence-electron chi connectivity index (χ2n) is 5.11. The lowest BCUT2D eigenvalue weighted by Crippen LogP contribution is -2.38. The summed E-state index contributed by atoms with van der Waals surface area (Å²) in [6.45, 7) is 10.9. The standard InChI is InChI=1S/C13H20OSi/c1-6-13(14)11-7-10(2)8-12(9-11)15(3,4)5/h7-9H,6H2,1-5H3. The molecule has 0 saturated heterocycles. The van der Waals surface area contributed by atoms with E-state index in [1.807, 2.05) is 13.0 Å². The fourth-order valence-corrected chi connectivity index (χ4v) is 2.83. The van der Waals surface area contributed by atoms with Gasteiger partial charge in [0.25, 0.3) is 0 Å². The van der Waals surface area contributed by atoms with Crippen molar-refractivity contribution in [3.63, 3.8) is 0 Å². The minimum atomic E-state index is -1.31. The predicted molar refractivity (Wildman–Crippen MR) is 68.8 cm³/mol. The van der Waals surface area contributed by atoms with E-state index in [4.69, 9.17) is 0 Å². The quantitative estimate of drug-likeness (QED) is 0.565. The molecule has 0 spiro atoms. The van der Waals surface area contributed by atoms with Crippen LogP contribution in [0.25, 0.3) is 0 Å². The fraction of sp³-hybridized carbons (Fsp3) is 0.462. The molecule has 0 aliphatic rings.